The zero-order chi connectivity index (χ0) is 32.5. The number of hydrogen-bond acceptors (Lipinski definition) is 3. The van der Waals surface area contributed by atoms with E-state index in [1.807, 2.05) is 60.7 Å². The zero-order valence-corrected chi connectivity index (χ0v) is 26.1. The highest BCUT2D eigenvalue weighted by atomic mass is 19.1. The van der Waals surface area contributed by atoms with Crippen molar-refractivity contribution >= 4 is 72.0 Å². The summed E-state index contributed by atoms with van der Waals surface area (Å²) in [5.74, 6) is -0.256. The third kappa shape index (κ3) is 4.35. The van der Waals surface area contributed by atoms with Crippen molar-refractivity contribution in [3.05, 3.63) is 170 Å². The largest absolute Gasteiger partial charge is 0.452 e. The van der Waals surface area contributed by atoms with E-state index in [2.05, 4.69) is 105 Å². The number of benzene rings is 6. The van der Waals surface area contributed by atoms with Crippen LogP contribution in [-0.2, 0) is 0 Å². The van der Waals surface area contributed by atoms with E-state index in [4.69, 9.17) is 8.83 Å². The molecule has 10 rings (SSSR count). The third-order valence-corrected chi connectivity index (χ3v) is 9.35. The average molecular weight is 637 g/mol. The van der Waals surface area contributed by atoms with Crippen molar-refractivity contribution in [3.8, 4) is 11.4 Å². The molecule has 0 aliphatic rings. The van der Waals surface area contributed by atoms with Gasteiger partial charge in [-0.3, -0.25) is 0 Å². The fourth-order valence-corrected chi connectivity index (χ4v) is 7.09. The van der Waals surface area contributed by atoms with E-state index in [1.165, 1.54) is 12.1 Å². The Bertz CT molecular complexity index is 2830. The van der Waals surface area contributed by atoms with Gasteiger partial charge in [-0.25, -0.2) is 4.39 Å². The molecular weight excluding hydrogens is 609 g/mol. The predicted molar refractivity (Wildman–Crippen MR) is 194 cm³/mol. The summed E-state index contributed by atoms with van der Waals surface area (Å²) < 4.78 is 30.9. The van der Waals surface area contributed by atoms with Crippen molar-refractivity contribution in [2.24, 2.45) is 0 Å². The van der Waals surface area contributed by atoms with Crippen LogP contribution < -0.4 is 9.47 Å². The number of fused-ring (bicyclic) bond motifs is 8. The van der Waals surface area contributed by atoms with Gasteiger partial charge in [0.2, 0.25) is 5.69 Å². The first-order valence-corrected chi connectivity index (χ1v) is 16.2. The number of anilines is 3. The molecule has 6 heteroatoms. The Balaban J connectivity index is 1.17. The molecule has 0 saturated heterocycles. The maximum absolute atomic E-state index is 13.9. The summed E-state index contributed by atoms with van der Waals surface area (Å²) in [4.78, 5) is 2.25. The minimum absolute atomic E-state index is 0.256. The molecule has 0 unspecified atom stereocenters. The van der Waals surface area contributed by atoms with Gasteiger partial charge in [0.15, 0.2) is 23.6 Å². The highest BCUT2D eigenvalue weighted by molar-refractivity contribution is 6.13. The van der Waals surface area contributed by atoms with Gasteiger partial charge in [-0.15, -0.1) is 0 Å². The van der Waals surface area contributed by atoms with Crippen LogP contribution in [0, 0.1) is 5.82 Å². The highest BCUT2D eigenvalue weighted by Crippen LogP contribution is 2.42. The van der Waals surface area contributed by atoms with E-state index in [0.717, 1.165) is 83.3 Å². The molecule has 4 aromatic heterocycles. The van der Waals surface area contributed by atoms with Crippen LogP contribution in [0.3, 0.4) is 0 Å². The zero-order valence-electron chi connectivity index (χ0n) is 26.1. The van der Waals surface area contributed by atoms with Gasteiger partial charge < -0.3 is 18.3 Å². The molecule has 10 aromatic rings. The van der Waals surface area contributed by atoms with Gasteiger partial charge in [0.1, 0.15) is 17.0 Å². The van der Waals surface area contributed by atoms with E-state index in [-0.39, 0.29) is 5.82 Å². The Kier molecular flexibility index (Phi) is 5.99. The lowest BCUT2D eigenvalue weighted by Gasteiger charge is -2.25. The van der Waals surface area contributed by atoms with Crippen LogP contribution in [0.2, 0.25) is 0 Å². The van der Waals surface area contributed by atoms with Crippen LogP contribution in [0.15, 0.2) is 173 Å². The molecular formula is C43H27FN3O2+. The molecule has 0 radical (unpaired) electrons. The number of para-hydroxylation sites is 3. The molecule has 0 amide bonds. The molecule has 0 bridgehead atoms. The van der Waals surface area contributed by atoms with E-state index >= 15 is 0 Å². The van der Waals surface area contributed by atoms with Crippen LogP contribution in [0.25, 0.3) is 66.3 Å². The average Bonchev–Trinajstić information content (AvgIpc) is 3.81. The molecule has 0 saturated carbocycles. The SMILES string of the molecule is Fc1ccc(-n2c3ccccc3c3cc(N(c4cc[n+](-c5ccccc5)cc4)c4ccc5c(c4)oc4c6ccccc6oc54)ccc32)cc1. The fourth-order valence-electron chi connectivity index (χ4n) is 7.09. The summed E-state index contributed by atoms with van der Waals surface area (Å²) in [5, 5.41) is 4.11. The lowest BCUT2D eigenvalue weighted by atomic mass is 10.1. The van der Waals surface area contributed by atoms with Gasteiger partial charge in [0.25, 0.3) is 0 Å². The summed E-state index contributed by atoms with van der Waals surface area (Å²) in [6.45, 7) is 0. The van der Waals surface area contributed by atoms with Crippen molar-refractivity contribution in [2.75, 3.05) is 4.90 Å². The Morgan fingerprint density at radius 3 is 1.94 bits per heavy atom. The minimum Gasteiger partial charge on any atom is -0.452 e. The predicted octanol–water partition coefficient (Wildman–Crippen LogP) is 11.3. The normalized spacial score (nSPS) is 11.8. The molecule has 0 aliphatic heterocycles. The van der Waals surface area contributed by atoms with Crippen molar-refractivity contribution < 1.29 is 17.8 Å². The molecule has 49 heavy (non-hydrogen) atoms. The van der Waals surface area contributed by atoms with E-state index < -0.39 is 0 Å². The number of halogens is 1. The van der Waals surface area contributed by atoms with Crippen molar-refractivity contribution in [3.63, 3.8) is 0 Å². The molecule has 5 nitrogen and oxygen atoms in total. The number of furan rings is 2. The number of rotatable bonds is 5. The quantitative estimate of drug-likeness (QED) is 0.176. The molecule has 0 atom stereocenters. The second-order valence-corrected chi connectivity index (χ2v) is 12.2. The summed E-state index contributed by atoms with van der Waals surface area (Å²) >= 11 is 0. The van der Waals surface area contributed by atoms with E-state index in [0.29, 0.717) is 0 Å². The summed E-state index contributed by atoms with van der Waals surface area (Å²) in [6.07, 6.45) is 4.17. The lowest BCUT2D eigenvalue weighted by molar-refractivity contribution is -0.595. The number of pyridine rings is 1. The second-order valence-electron chi connectivity index (χ2n) is 12.2. The summed E-state index contributed by atoms with van der Waals surface area (Å²) in [5.41, 5.74) is 10.1. The standard InChI is InChI=1S/C43H27FN3O2/c44-28-14-16-30(17-15-28)47-38-12-6-4-10-34(38)37-26-32(19-21-39(37)47)46(31-22-24-45(25-23-31)29-8-2-1-3-9-29)33-18-20-36-41(27-33)49-42-35-11-5-7-13-40(35)48-43(36)42/h1-27H/q+1. The Labute approximate surface area is 279 Å². The van der Waals surface area contributed by atoms with Gasteiger partial charge in [-0.1, -0.05) is 48.5 Å². The Hall–Kier alpha value is -6.66. The number of aromatic nitrogens is 2. The molecule has 0 N–H and O–H groups in total. The van der Waals surface area contributed by atoms with Gasteiger partial charge in [-0.2, -0.15) is 4.57 Å². The van der Waals surface area contributed by atoms with Gasteiger partial charge in [-0.05, 0) is 72.8 Å². The Morgan fingerprint density at radius 1 is 0.490 bits per heavy atom. The molecule has 232 valence electrons. The van der Waals surface area contributed by atoms with Crippen LogP contribution in [0.5, 0.6) is 0 Å². The lowest BCUT2D eigenvalue weighted by Crippen LogP contribution is -2.29. The number of hydrogen-bond donors (Lipinski definition) is 0. The topological polar surface area (TPSA) is 38.3 Å². The monoisotopic (exact) mass is 636 g/mol. The molecule has 0 spiro atoms. The first-order valence-electron chi connectivity index (χ1n) is 16.2. The first kappa shape index (κ1) is 27.5. The van der Waals surface area contributed by atoms with Gasteiger partial charge in [0, 0.05) is 58.2 Å². The first-order chi connectivity index (χ1) is 24.2. The number of nitrogens with zero attached hydrogens (tertiary/aromatic N) is 3. The van der Waals surface area contributed by atoms with Crippen LogP contribution >= 0.6 is 0 Å². The van der Waals surface area contributed by atoms with Crippen molar-refractivity contribution in [1.29, 1.82) is 0 Å². The third-order valence-electron chi connectivity index (χ3n) is 9.35. The second kappa shape index (κ2) is 10.7. The van der Waals surface area contributed by atoms with Crippen molar-refractivity contribution in [2.45, 2.75) is 0 Å². The highest BCUT2D eigenvalue weighted by Gasteiger charge is 2.21. The smallest absolute Gasteiger partial charge is 0.210 e. The minimum atomic E-state index is -0.256. The molecule has 4 heterocycles. The summed E-state index contributed by atoms with van der Waals surface area (Å²) in [7, 11) is 0. The summed E-state index contributed by atoms with van der Waals surface area (Å²) in [6, 6.07) is 50.3. The van der Waals surface area contributed by atoms with Crippen molar-refractivity contribution in [1.82, 2.24) is 4.57 Å². The van der Waals surface area contributed by atoms with Crippen LogP contribution in [0.1, 0.15) is 0 Å². The van der Waals surface area contributed by atoms with Gasteiger partial charge >= 0.3 is 0 Å². The van der Waals surface area contributed by atoms with Crippen LogP contribution in [-0.4, -0.2) is 4.57 Å². The fraction of sp³-hybridized carbons (Fsp3) is 0. The van der Waals surface area contributed by atoms with Crippen LogP contribution in [0.4, 0.5) is 21.5 Å². The van der Waals surface area contributed by atoms with Gasteiger partial charge in [0.05, 0.1) is 27.5 Å². The maximum atomic E-state index is 13.9. The Morgan fingerprint density at radius 2 is 1.12 bits per heavy atom. The molecule has 6 aromatic carbocycles. The van der Waals surface area contributed by atoms with E-state index in [1.54, 1.807) is 0 Å². The molecule has 0 fully saturated rings. The maximum Gasteiger partial charge on any atom is 0.210 e. The molecule has 0 aliphatic carbocycles. The van der Waals surface area contributed by atoms with E-state index in [9.17, 15) is 4.39 Å².